The maximum Gasteiger partial charge on any atom is 0.233 e. The summed E-state index contributed by atoms with van der Waals surface area (Å²) in [6.45, 7) is 2.79. The van der Waals surface area contributed by atoms with E-state index in [1.165, 1.54) is 0 Å². The maximum atomic E-state index is 11.7. The van der Waals surface area contributed by atoms with Crippen molar-refractivity contribution in [3.8, 4) is 0 Å². The zero-order valence-corrected chi connectivity index (χ0v) is 10.5. The highest BCUT2D eigenvalue weighted by Crippen LogP contribution is 2.14. The van der Waals surface area contributed by atoms with Gasteiger partial charge in [0.2, 0.25) is 5.91 Å². The second-order valence-electron chi connectivity index (χ2n) is 4.12. The highest BCUT2D eigenvalue weighted by atomic mass is 32.2. The first-order valence-corrected chi connectivity index (χ1v) is 6.82. The topological polar surface area (TPSA) is 46.9 Å². The second kappa shape index (κ2) is 4.91. The molecular weight excluding hydrogens is 222 g/mol. The first-order valence-electron chi connectivity index (χ1n) is 5.54. The third-order valence-electron chi connectivity index (χ3n) is 3.00. The van der Waals surface area contributed by atoms with Crippen LogP contribution in [0.1, 0.15) is 19.2 Å². The lowest BCUT2D eigenvalue weighted by Crippen LogP contribution is -2.43. The van der Waals surface area contributed by atoms with Gasteiger partial charge in [-0.05, 0) is 19.6 Å². The molecule has 88 valence electrons. The van der Waals surface area contributed by atoms with Gasteiger partial charge in [0.05, 0.1) is 5.25 Å². The molecule has 0 saturated heterocycles. The van der Waals surface area contributed by atoms with Crippen molar-refractivity contribution in [3.63, 3.8) is 0 Å². The Morgan fingerprint density at radius 1 is 1.75 bits per heavy atom. The number of carbonyl (C=O) groups excluding carboxylic acids is 1. The normalized spacial score (nSPS) is 21.2. The molecule has 0 bridgehead atoms. The molecule has 2 rings (SSSR count). The van der Waals surface area contributed by atoms with Crippen LogP contribution in [0.25, 0.3) is 0 Å². The van der Waals surface area contributed by atoms with Crippen LogP contribution in [0.2, 0.25) is 0 Å². The van der Waals surface area contributed by atoms with E-state index in [9.17, 15) is 4.79 Å². The summed E-state index contributed by atoms with van der Waals surface area (Å²) in [5, 5.41) is 3.12. The van der Waals surface area contributed by atoms with Crippen LogP contribution in [0, 0.1) is 0 Å². The van der Waals surface area contributed by atoms with Crippen LogP contribution < -0.4 is 5.32 Å². The number of aryl methyl sites for hydroxylation is 1. The first-order chi connectivity index (χ1) is 7.70. The van der Waals surface area contributed by atoms with Gasteiger partial charge in [0, 0.05) is 31.4 Å². The minimum atomic E-state index is 0.0317. The fourth-order valence-electron chi connectivity index (χ4n) is 1.91. The van der Waals surface area contributed by atoms with E-state index in [0.29, 0.717) is 0 Å². The van der Waals surface area contributed by atoms with Crippen LogP contribution in [-0.2, 0) is 17.8 Å². The molecule has 1 aromatic heterocycles. The highest BCUT2D eigenvalue weighted by molar-refractivity contribution is 7.99. The fourth-order valence-corrected chi connectivity index (χ4v) is 2.19. The number of hydrogen-bond donors (Lipinski definition) is 1. The highest BCUT2D eigenvalue weighted by Gasteiger charge is 2.21. The smallest absolute Gasteiger partial charge is 0.233 e. The second-order valence-corrected chi connectivity index (χ2v) is 5.30. The van der Waals surface area contributed by atoms with Crippen LogP contribution in [0.15, 0.2) is 12.4 Å². The summed E-state index contributed by atoms with van der Waals surface area (Å²) in [5.74, 6) is 1.27. The average molecular weight is 239 g/mol. The maximum absolute atomic E-state index is 11.7. The number of thioether (sulfide) groups is 1. The number of imidazole rings is 1. The Morgan fingerprint density at radius 3 is 3.31 bits per heavy atom. The molecule has 5 heteroatoms. The number of amides is 1. The van der Waals surface area contributed by atoms with E-state index < -0.39 is 0 Å². The van der Waals surface area contributed by atoms with E-state index >= 15 is 0 Å². The Labute approximate surface area is 99.8 Å². The minimum absolute atomic E-state index is 0.0317. The lowest BCUT2D eigenvalue weighted by Gasteiger charge is -2.25. The molecule has 2 atom stereocenters. The molecule has 0 fully saturated rings. The molecule has 0 aliphatic carbocycles. The Bertz CT molecular complexity index is 377. The van der Waals surface area contributed by atoms with E-state index in [2.05, 4.69) is 14.9 Å². The van der Waals surface area contributed by atoms with Gasteiger partial charge < -0.3 is 9.88 Å². The molecule has 1 N–H and O–H groups in total. The molecular formula is C11H17N3OS. The van der Waals surface area contributed by atoms with Crippen molar-refractivity contribution in [1.82, 2.24) is 14.9 Å². The lowest BCUT2D eigenvalue weighted by molar-refractivity contribution is -0.121. The first kappa shape index (κ1) is 11.5. The molecule has 1 aliphatic rings. The largest absolute Gasteiger partial charge is 0.351 e. The summed E-state index contributed by atoms with van der Waals surface area (Å²) in [5.41, 5.74) is 0. The van der Waals surface area contributed by atoms with Gasteiger partial charge in [0.25, 0.3) is 0 Å². The lowest BCUT2D eigenvalue weighted by atomic mass is 10.1. The van der Waals surface area contributed by atoms with Crippen LogP contribution in [-0.4, -0.2) is 33.0 Å². The Kier molecular flexibility index (Phi) is 3.53. The van der Waals surface area contributed by atoms with Crippen LogP contribution in [0.3, 0.4) is 0 Å². The number of fused-ring (bicyclic) bond motifs is 1. The predicted molar refractivity (Wildman–Crippen MR) is 65.5 cm³/mol. The summed E-state index contributed by atoms with van der Waals surface area (Å²) < 4.78 is 2.12. The monoisotopic (exact) mass is 239 g/mol. The van der Waals surface area contributed by atoms with Crippen LogP contribution in [0.5, 0.6) is 0 Å². The van der Waals surface area contributed by atoms with Gasteiger partial charge in [-0.15, -0.1) is 0 Å². The van der Waals surface area contributed by atoms with E-state index in [-0.39, 0.29) is 17.2 Å². The van der Waals surface area contributed by atoms with Crippen molar-refractivity contribution < 1.29 is 4.79 Å². The number of nitrogens with one attached hydrogen (secondary N) is 1. The molecule has 1 amide bonds. The van der Waals surface area contributed by atoms with Crippen molar-refractivity contribution in [2.24, 2.45) is 0 Å². The summed E-state index contributed by atoms with van der Waals surface area (Å²) in [4.78, 5) is 16.0. The molecule has 0 saturated carbocycles. The van der Waals surface area contributed by atoms with Gasteiger partial charge in [-0.2, -0.15) is 11.8 Å². The van der Waals surface area contributed by atoms with Crippen LogP contribution >= 0.6 is 11.8 Å². The van der Waals surface area contributed by atoms with Crippen molar-refractivity contribution in [2.45, 2.75) is 37.6 Å². The molecule has 2 unspecified atom stereocenters. The summed E-state index contributed by atoms with van der Waals surface area (Å²) in [6.07, 6.45) is 7.70. The van der Waals surface area contributed by atoms with Crippen molar-refractivity contribution in [2.75, 3.05) is 6.26 Å². The molecule has 0 spiro atoms. The van der Waals surface area contributed by atoms with E-state index in [0.717, 1.165) is 25.2 Å². The number of nitrogens with zero attached hydrogens (tertiary/aromatic N) is 2. The zero-order chi connectivity index (χ0) is 11.5. The van der Waals surface area contributed by atoms with E-state index in [4.69, 9.17) is 0 Å². The fraction of sp³-hybridized carbons (Fsp3) is 0.636. The third-order valence-corrected chi connectivity index (χ3v) is 3.93. The molecule has 16 heavy (non-hydrogen) atoms. The number of aromatic nitrogens is 2. The average Bonchev–Trinajstić information content (AvgIpc) is 2.75. The van der Waals surface area contributed by atoms with Crippen molar-refractivity contribution in [3.05, 3.63) is 18.2 Å². The number of hydrogen-bond acceptors (Lipinski definition) is 3. The van der Waals surface area contributed by atoms with Crippen molar-refractivity contribution >= 4 is 17.7 Å². The predicted octanol–water partition coefficient (Wildman–Crippen LogP) is 1.07. The van der Waals surface area contributed by atoms with Gasteiger partial charge in [-0.3, -0.25) is 4.79 Å². The van der Waals surface area contributed by atoms with Crippen LogP contribution in [0.4, 0.5) is 0 Å². The quantitative estimate of drug-likeness (QED) is 0.858. The molecule has 4 nitrogen and oxygen atoms in total. The van der Waals surface area contributed by atoms with Gasteiger partial charge in [-0.1, -0.05) is 0 Å². The number of rotatable bonds is 3. The van der Waals surface area contributed by atoms with Crippen molar-refractivity contribution in [1.29, 1.82) is 0 Å². The molecule has 2 heterocycles. The molecule has 0 radical (unpaired) electrons. The van der Waals surface area contributed by atoms with E-state index in [1.807, 2.05) is 25.6 Å². The van der Waals surface area contributed by atoms with Gasteiger partial charge in [0.1, 0.15) is 5.82 Å². The Hall–Kier alpha value is -0.970. The standard InChI is InChI=1S/C11H17N3OS/c1-8(16-2)11(15)13-9-3-4-10-12-5-6-14(10)7-9/h5-6,8-9H,3-4,7H2,1-2H3,(H,13,15). The Morgan fingerprint density at radius 2 is 2.56 bits per heavy atom. The van der Waals surface area contributed by atoms with Gasteiger partial charge in [0.15, 0.2) is 0 Å². The molecule has 0 aromatic carbocycles. The minimum Gasteiger partial charge on any atom is -0.351 e. The summed E-state index contributed by atoms with van der Waals surface area (Å²) in [7, 11) is 0. The Balaban J connectivity index is 1.92. The van der Waals surface area contributed by atoms with Gasteiger partial charge >= 0.3 is 0 Å². The van der Waals surface area contributed by atoms with E-state index in [1.54, 1.807) is 11.8 Å². The summed E-state index contributed by atoms with van der Waals surface area (Å²) >= 11 is 1.58. The molecule has 1 aromatic rings. The number of carbonyl (C=O) groups is 1. The van der Waals surface area contributed by atoms with Gasteiger partial charge in [-0.25, -0.2) is 4.98 Å². The molecule has 1 aliphatic heterocycles. The third kappa shape index (κ3) is 2.40. The zero-order valence-electron chi connectivity index (χ0n) is 9.64. The SMILES string of the molecule is CSC(C)C(=O)NC1CCc2nccn2C1. The summed E-state index contributed by atoms with van der Waals surface area (Å²) in [6, 6.07) is 0.254.